The van der Waals surface area contributed by atoms with E-state index in [2.05, 4.69) is 19.2 Å². The zero-order chi connectivity index (χ0) is 11.4. The van der Waals surface area contributed by atoms with Gasteiger partial charge in [-0.3, -0.25) is 4.79 Å². The van der Waals surface area contributed by atoms with E-state index in [1.54, 1.807) is 13.1 Å². The van der Waals surface area contributed by atoms with Crippen molar-refractivity contribution in [2.75, 3.05) is 13.6 Å². The Hall–Kier alpha value is -1.29. The Kier molecular flexibility index (Phi) is 3.91. The van der Waals surface area contributed by atoms with E-state index >= 15 is 0 Å². The Morgan fingerprint density at radius 3 is 2.93 bits per heavy atom. The van der Waals surface area contributed by atoms with Gasteiger partial charge in [0.15, 0.2) is 0 Å². The number of benzene rings is 1. The van der Waals surface area contributed by atoms with E-state index in [-0.39, 0.29) is 11.5 Å². The molecule has 15 heavy (non-hydrogen) atoms. The summed E-state index contributed by atoms with van der Waals surface area (Å²) in [5.41, 5.74) is 0.0341. The molecule has 80 valence electrons. The molecular weight excluding hydrogens is 213 g/mol. The minimum atomic E-state index is -0.534. The van der Waals surface area contributed by atoms with E-state index in [1.165, 1.54) is 23.1 Å². The summed E-state index contributed by atoms with van der Waals surface area (Å²) in [6.45, 7) is 3.90. The summed E-state index contributed by atoms with van der Waals surface area (Å²) in [5.74, 6) is -0.906. The van der Waals surface area contributed by atoms with Crippen LogP contribution in [0, 0.1) is 5.82 Å². The molecule has 0 saturated carbocycles. The average Bonchev–Trinajstić information content (AvgIpc) is 2.21. The van der Waals surface area contributed by atoms with Gasteiger partial charge in [-0.15, -0.1) is 19.2 Å². The van der Waals surface area contributed by atoms with Crippen LogP contribution >= 0.6 is 12.6 Å². The minimum absolute atomic E-state index is 0.0341. The van der Waals surface area contributed by atoms with Gasteiger partial charge in [-0.2, -0.15) is 0 Å². The predicted octanol–water partition coefficient (Wildman–Crippen LogP) is 2.37. The third-order valence-corrected chi connectivity index (χ3v) is 2.21. The number of amides is 1. The molecule has 1 aromatic carbocycles. The van der Waals surface area contributed by atoms with E-state index in [9.17, 15) is 9.18 Å². The second kappa shape index (κ2) is 4.98. The van der Waals surface area contributed by atoms with Gasteiger partial charge in [-0.05, 0) is 18.2 Å². The Balaban J connectivity index is 2.99. The van der Waals surface area contributed by atoms with Crippen LogP contribution in [0.25, 0.3) is 0 Å². The lowest BCUT2D eigenvalue weighted by atomic mass is 10.2. The smallest absolute Gasteiger partial charge is 0.256 e. The van der Waals surface area contributed by atoms with Crippen molar-refractivity contribution in [3.8, 4) is 0 Å². The SMILES string of the molecule is C=CCN(C)C(=O)c1cc(S)ccc1F. The highest BCUT2D eigenvalue weighted by molar-refractivity contribution is 7.80. The van der Waals surface area contributed by atoms with Crippen LogP contribution < -0.4 is 0 Å². The van der Waals surface area contributed by atoms with E-state index in [1.807, 2.05) is 0 Å². The Bertz CT molecular complexity index is 392. The molecule has 0 aliphatic rings. The number of nitrogens with zero attached hydrogens (tertiary/aromatic N) is 1. The maximum Gasteiger partial charge on any atom is 0.256 e. The fraction of sp³-hybridized carbons (Fsp3) is 0.182. The van der Waals surface area contributed by atoms with E-state index in [0.29, 0.717) is 11.4 Å². The predicted molar refractivity (Wildman–Crippen MR) is 60.8 cm³/mol. The van der Waals surface area contributed by atoms with Crippen molar-refractivity contribution in [1.29, 1.82) is 0 Å². The Morgan fingerprint density at radius 2 is 2.33 bits per heavy atom. The number of hydrogen-bond acceptors (Lipinski definition) is 2. The van der Waals surface area contributed by atoms with Gasteiger partial charge in [-0.25, -0.2) is 4.39 Å². The second-order valence-corrected chi connectivity index (χ2v) is 3.65. The van der Waals surface area contributed by atoms with Crippen molar-refractivity contribution in [2.24, 2.45) is 0 Å². The van der Waals surface area contributed by atoms with Gasteiger partial charge in [0.1, 0.15) is 5.82 Å². The lowest BCUT2D eigenvalue weighted by molar-refractivity contribution is 0.0805. The first kappa shape index (κ1) is 11.8. The van der Waals surface area contributed by atoms with Gasteiger partial charge in [-0.1, -0.05) is 6.08 Å². The molecule has 0 bridgehead atoms. The molecule has 1 amide bonds. The van der Waals surface area contributed by atoms with Crippen LogP contribution in [0.3, 0.4) is 0 Å². The number of rotatable bonds is 3. The number of hydrogen-bond donors (Lipinski definition) is 1. The van der Waals surface area contributed by atoms with Gasteiger partial charge in [0.2, 0.25) is 0 Å². The molecule has 0 heterocycles. The molecule has 0 aromatic heterocycles. The maximum absolute atomic E-state index is 13.3. The largest absolute Gasteiger partial charge is 0.338 e. The molecule has 0 radical (unpaired) electrons. The molecule has 1 aromatic rings. The zero-order valence-corrected chi connectivity index (χ0v) is 9.30. The molecule has 1 rings (SSSR count). The number of halogens is 1. The summed E-state index contributed by atoms with van der Waals surface area (Å²) in [4.78, 5) is 13.7. The highest BCUT2D eigenvalue weighted by atomic mass is 32.1. The molecular formula is C11H12FNOS. The van der Waals surface area contributed by atoms with Crippen molar-refractivity contribution in [1.82, 2.24) is 4.90 Å². The van der Waals surface area contributed by atoms with E-state index in [0.717, 1.165) is 0 Å². The fourth-order valence-electron chi connectivity index (χ4n) is 1.16. The minimum Gasteiger partial charge on any atom is -0.338 e. The molecule has 0 unspecified atom stereocenters. The fourth-order valence-corrected chi connectivity index (χ4v) is 1.36. The van der Waals surface area contributed by atoms with Crippen molar-refractivity contribution in [3.63, 3.8) is 0 Å². The van der Waals surface area contributed by atoms with Crippen LogP contribution in [0.2, 0.25) is 0 Å². The van der Waals surface area contributed by atoms with Crippen molar-refractivity contribution < 1.29 is 9.18 Å². The molecule has 0 aliphatic carbocycles. The summed E-state index contributed by atoms with van der Waals surface area (Å²) < 4.78 is 13.3. The summed E-state index contributed by atoms with van der Waals surface area (Å²) >= 11 is 4.06. The van der Waals surface area contributed by atoms with Gasteiger partial charge in [0, 0.05) is 18.5 Å². The molecule has 0 atom stereocenters. The molecule has 0 N–H and O–H groups in total. The second-order valence-electron chi connectivity index (χ2n) is 3.14. The normalized spacial score (nSPS) is 9.80. The van der Waals surface area contributed by atoms with Crippen LogP contribution in [0.15, 0.2) is 35.7 Å². The first-order chi connectivity index (χ1) is 7.06. The van der Waals surface area contributed by atoms with Gasteiger partial charge in [0.05, 0.1) is 5.56 Å². The number of likely N-dealkylation sites (N-methyl/N-ethyl adjacent to an activating group) is 1. The van der Waals surface area contributed by atoms with Crippen molar-refractivity contribution >= 4 is 18.5 Å². The van der Waals surface area contributed by atoms with Crippen LogP contribution in [0.4, 0.5) is 4.39 Å². The molecule has 0 spiro atoms. The monoisotopic (exact) mass is 225 g/mol. The third kappa shape index (κ3) is 2.83. The lowest BCUT2D eigenvalue weighted by Crippen LogP contribution is -2.27. The highest BCUT2D eigenvalue weighted by Gasteiger charge is 2.15. The first-order valence-electron chi connectivity index (χ1n) is 4.41. The van der Waals surface area contributed by atoms with Gasteiger partial charge < -0.3 is 4.90 Å². The van der Waals surface area contributed by atoms with E-state index < -0.39 is 5.82 Å². The highest BCUT2D eigenvalue weighted by Crippen LogP contribution is 2.15. The Labute approximate surface area is 93.8 Å². The molecule has 0 aliphatic heterocycles. The standard InChI is InChI=1S/C11H12FNOS/c1-3-6-13(2)11(14)9-7-8(15)4-5-10(9)12/h3-5,7,15H,1,6H2,2H3. The summed E-state index contributed by atoms with van der Waals surface area (Å²) in [6.07, 6.45) is 1.58. The van der Waals surface area contributed by atoms with Crippen LogP contribution in [-0.2, 0) is 0 Å². The lowest BCUT2D eigenvalue weighted by Gasteiger charge is -2.15. The first-order valence-corrected chi connectivity index (χ1v) is 4.86. The van der Waals surface area contributed by atoms with Crippen molar-refractivity contribution in [2.45, 2.75) is 4.90 Å². The summed E-state index contributed by atoms with van der Waals surface area (Å²) in [7, 11) is 1.59. The molecule has 4 heteroatoms. The average molecular weight is 225 g/mol. The summed E-state index contributed by atoms with van der Waals surface area (Å²) in [6, 6.07) is 4.15. The van der Waals surface area contributed by atoms with E-state index in [4.69, 9.17) is 0 Å². The number of thiol groups is 1. The Morgan fingerprint density at radius 1 is 1.67 bits per heavy atom. The van der Waals surface area contributed by atoms with Crippen LogP contribution in [0.5, 0.6) is 0 Å². The summed E-state index contributed by atoms with van der Waals surface area (Å²) in [5, 5.41) is 0. The van der Waals surface area contributed by atoms with Crippen LogP contribution in [0.1, 0.15) is 10.4 Å². The van der Waals surface area contributed by atoms with Gasteiger partial charge >= 0.3 is 0 Å². The zero-order valence-electron chi connectivity index (χ0n) is 8.40. The third-order valence-electron chi connectivity index (χ3n) is 1.93. The molecule has 0 saturated heterocycles. The topological polar surface area (TPSA) is 20.3 Å². The molecule has 0 fully saturated rings. The number of carbonyl (C=O) groups excluding carboxylic acids is 1. The molecule has 2 nitrogen and oxygen atoms in total. The van der Waals surface area contributed by atoms with Crippen LogP contribution in [-0.4, -0.2) is 24.4 Å². The quantitative estimate of drug-likeness (QED) is 0.618. The van der Waals surface area contributed by atoms with Gasteiger partial charge in [0.25, 0.3) is 5.91 Å². The number of carbonyl (C=O) groups is 1. The van der Waals surface area contributed by atoms with Crippen molar-refractivity contribution in [3.05, 3.63) is 42.2 Å². The maximum atomic E-state index is 13.3.